The molecule has 0 radical (unpaired) electrons. The van der Waals surface area contributed by atoms with Crippen LogP contribution in [0.3, 0.4) is 0 Å². The first kappa shape index (κ1) is 15.5. The molecule has 0 bridgehead atoms. The van der Waals surface area contributed by atoms with Crippen LogP contribution in [0.4, 0.5) is 5.69 Å². The molecule has 2 amide bonds. The summed E-state index contributed by atoms with van der Waals surface area (Å²) in [5, 5.41) is 5.88. The predicted molar refractivity (Wildman–Crippen MR) is 83.1 cm³/mol. The van der Waals surface area contributed by atoms with Crippen LogP contribution in [0.1, 0.15) is 25.7 Å². The first-order chi connectivity index (χ1) is 10.2. The second-order valence-corrected chi connectivity index (χ2v) is 5.29. The molecule has 1 fully saturated rings. The van der Waals surface area contributed by atoms with E-state index in [2.05, 4.69) is 10.6 Å². The predicted octanol–water partition coefficient (Wildman–Crippen LogP) is 1.30. The van der Waals surface area contributed by atoms with Gasteiger partial charge in [0.15, 0.2) is 0 Å². The summed E-state index contributed by atoms with van der Waals surface area (Å²) in [6.07, 6.45) is 2.86. The maximum Gasteiger partial charge on any atom is 0.249 e. The number of piperidine rings is 1. The summed E-state index contributed by atoms with van der Waals surface area (Å²) in [6.45, 7) is 1.52. The largest absolute Gasteiger partial charge is 0.344 e. The van der Waals surface area contributed by atoms with Crippen LogP contribution in [-0.4, -0.2) is 38.0 Å². The van der Waals surface area contributed by atoms with Crippen molar-refractivity contribution in [1.29, 1.82) is 0 Å². The van der Waals surface area contributed by atoms with Crippen molar-refractivity contribution in [1.82, 2.24) is 10.6 Å². The summed E-state index contributed by atoms with van der Waals surface area (Å²) in [5.41, 5.74) is 0.900. The Morgan fingerprint density at radius 3 is 2.81 bits per heavy atom. The van der Waals surface area contributed by atoms with Crippen LogP contribution in [0.5, 0.6) is 0 Å². The van der Waals surface area contributed by atoms with Crippen LogP contribution in [0.15, 0.2) is 30.3 Å². The number of benzene rings is 1. The van der Waals surface area contributed by atoms with Crippen molar-refractivity contribution < 1.29 is 9.59 Å². The maximum absolute atomic E-state index is 12.5. The molecular formula is C16H23N3O2. The van der Waals surface area contributed by atoms with Gasteiger partial charge in [0.1, 0.15) is 6.04 Å². The van der Waals surface area contributed by atoms with Gasteiger partial charge in [-0.05, 0) is 45.0 Å². The number of carbonyl (C=O) groups excluding carboxylic acids is 2. The minimum Gasteiger partial charge on any atom is -0.344 e. The zero-order chi connectivity index (χ0) is 15.1. The van der Waals surface area contributed by atoms with Crippen LogP contribution in [0, 0.1) is 0 Å². The molecule has 2 rings (SSSR count). The third kappa shape index (κ3) is 4.29. The van der Waals surface area contributed by atoms with E-state index in [9.17, 15) is 9.59 Å². The van der Waals surface area contributed by atoms with Gasteiger partial charge in [0, 0.05) is 18.7 Å². The van der Waals surface area contributed by atoms with Crippen molar-refractivity contribution in [3.63, 3.8) is 0 Å². The molecule has 114 valence electrons. The average Bonchev–Trinajstić information content (AvgIpc) is 2.50. The van der Waals surface area contributed by atoms with Crippen LogP contribution in [0.2, 0.25) is 0 Å². The summed E-state index contributed by atoms with van der Waals surface area (Å²) in [5.74, 6) is -0.0482. The number of hydrogen-bond donors (Lipinski definition) is 2. The third-order valence-corrected chi connectivity index (χ3v) is 3.67. The van der Waals surface area contributed by atoms with E-state index >= 15 is 0 Å². The van der Waals surface area contributed by atoms with E-state index in [1.165, 1.54) is 0 Å². The van der Waals surface area contributed by atoms with Crippen molar-refractivity contribution in [2.45, 2.75) is 31.7 Å². The molecule has 0 aromatic heterocycles. The number of nitrogens with zero attached hydrogens (tertiary/aromatic N) is 1. The van der Waals surface area contributed by atoms with Crippen molar-refractivity contribution >= 4 is 17.5 Å². The number of carbonyl (C=O) groups is 2. The highest BCUT2D eigenvalue weighted by molar-refractivity contribution is 5.99. The Labute approximate surface area is 125 Å². The van der Waals surface area contributed by atoms with Gasteiger partial charge in [-0.15, -0.1) is 0 Å². The summed E-state index contributed by atoms with van der Waals surface area (Å²) in [6, 6.07) is 9.23. The average molecular weight is 289 g/mol. The van der Waals surface area contributed by atoms with Gasteiger partial charge in [-0.25, -0.2) is 0 Å². The Kier molecular flexibility index (Phi) is 5.75. The first-order valence-corrected chi connectivity index (χ1v) is 7.53. The van der Waals surface area contributed by atoms with E-state index in [-0.39, 0.29) is 17.9 Å². The van der Waals surface area contributed by atoms with Crippen molar-refractivity contribution in [2.24, 2.45) is 0 Å². The van der Waals surface area contributed by atoms with Gasteiger partial charge >= 0.3 is 0 Å². The molecule has 1 aromatic rings. The Morgan fingerprint density at radius 2 is 2.10 bits per heavy atom. The minimum absolute atomic E-state index is 0.00517. The fraction of sp³-hybridized carbons (Fsp3) is 0.500. The summed E-state index contributed by atoms with van der Waals surface area (Å²) in [7, 11) is 1.86. The third-order valence-electron chi connectivity index (χ3n) is 3.67. The van der Waals surface area contributed by atoms with Gasteiger partial charge in [-0.2, -0.15) is 0 Å². The molecule has 0 spiro atoms. The number of nitrogens with one attached hydrogen (secondary N) is 2. The molecule has 1 aliphatic heterocycles. The lowest BCUT2D eigenvalue weighted by atomic mass is 10.0. The normalized spacial score (nSPS) is 18.6. The SMILES string of the molecule is CNCCCC(=O)NC1CCCN(c2ccccc2)C1=O. The van der Waals surface area contributed by atoms with E-state index in [1.807, 2.05) is 37.4 Å². The van der Waals surface area contributed by atoms with E-state index in [1.54, 1.807) is 4.90 Å². The summed E-state index contributed by atoms with van der Waals surface area (Å²) in [4.78, 5) is 26.1. The van der Waals surface area contributed by atoms with Gasteiger partial charge in [0.05, 0.1) is 0 Å². The first-order valence-electron chi connectivity index (χ1n) is 7.53. The van der Waals surface area contributed by atoms with E-state index in [4.69, 9.17) is 0 Å². The van der Waals surface area contributed by atoms with Gasteiger partial charge in [0.2, 0.25) is 11.8 Å². The van der Waals surface area contributed by atoms with Gasteiger partial charge < -0.3 is 15.5 Å². The lowest BCUT2D eigenvalue weighted by Gasteiger charge is -2.32. The Hall–Kier alpha value is -1.88. The lowest BCUT2D eigenvalue weighted by molar-refractivity contribution is -0.128. The summed E-state index contributed by atoms with van der Waals surface area (Å²) >= 11 is 0. The smallest absolute Gasteiger partial charge is 0.249 e. The molecule has 1 atom stereocenters. The number of anilines is 1. The minimum atomic E-state index is -0.388. The topological polar surface area (TPSA) is 61.4 Å². The summed E-state index contributed by atoms with van der Waals surface area (Å²) < 4.78 is 0. The van der Waals surface area contributed by atoms with E-state index < -0.39 is 0 Å². The Morgan fingerprint density at radius 1 is 1.33 bits per heavy atom. The highest BCUT2D eigenvalue weighted by atomic mass is 16.2. The van der Waals surface area contributed by atoms with Crippen molar-refractivity contribution in [3.8, 4) is 0 Å². The number of para-hydroxylation sites is 1. The molecule has 1 heterocycles. The molecule has 1 aliphatic rings. The molecule has 1 unspecified atom stereocenters. The van der Waals surface area contributed by atoms with Crippen LogP contribution >= 0.6 is 0 Å². The zero-order valence-corrected chi connectivity index (χ0v) is 12.5. The number of rotatable bonds is 6. The maximum atomic E-state index is 12.5. The molecule has 0 aliphatic carbocycles. The molecular weight excluding hydrogens is 266 g/mol. The lowest BCUT2D eigenvalue weighted by Crippen LogP contribution is -2.52. The molecule has 5 nitrogen and oxygen atoms in total. The van der Waals surface area contributed by atoms with Gasteiger partial charge in [0.25, 0.3) is 0 Å². The molecule has 1 aromatic carbocycles. The number of hydrogen-bond acceptors (Lipinski definition) is 3. The Balaban J connectivity index is 1.92. The second kappa shape index (κ2) is 7.78. The van der Waals surface area contributed by atoms with Gasteiger partial charge in [-0.1, -0.05) is 18.2 Å². The van der Waals surface area contributed by atoms with Crippen LogP contribution in [-0.2, 0) is 9.59 Å². The van der Waals surface area contributed by atoms with Crippen LogP contribution < -0.4 is 15.5 Å². The zero-order valence-electron chi connectivity index (χ0n) is 12.5. The fourth-order valence-corrected chi connectivity index (χ4v) is 2.57. The van der Waals surface area contributed by atoms with Crippen molar-refractivity contribution in [2.75, 3.05) is 25.0 Å². The van der Waals surface area contributed by atoms with Crippen LogP contribution in [0.25, 0.3) is 0 Å². The molecule has 1 saturated heterocycles. The highest BCUT2D eigenvalue weighted by Crippen LogP contribution is 2.20. The molecule has 0 saturated carbocycles. The standard InChI is InChI=1S/C16H23N3O2/c1-17-11-5-10-15(20)18-14-9-6-12-19(16(14)21)13-7-3-2-4-8-13/h2-4,7-8,14,17H,5-6,9-12H2,1H3,(H,18,20). The van der Waals surface area contributed by atoms with E-state index in [0.717, 1.165) is 38.0 Å². The molecule has 2 N–H and O–H groups in total. The Bertz CT molecular complexity index is 476. The van der Waals surface area contributed by atoms with E-state index in [0.29, 0.717) is 6.42 Å². The quantitative estimate of drug-likeness (QED) is 0.776. The second-order valence-electron chi connectivity index (χ2n) is 5.29. The fourth-order valence-electron chi connectivity index (χ4n) is 2.57. The number of amides is 2. The van der Waals surface area contributed by atoms with Gasteiger partial charge in [-0.3, -0.25) is 9.59 Å². The highest BCUT2D eigenvalue weighted by Gasteiger charge is 2.30. The molecule has 5 heteroatoms. The molecule has 21 heavy (non-hydrogen) atoms. The van der Waals surface area contributed by atoms with Crippen molar-refractivity contribution in [3.05, 3.63) is 30.3 Å². The monoisotopic (exact) mass is 289 g/mol.